The lowest BCUT2D eigenvalue weighted by Crippen LogP contribution is -2.40. The number of hydrogen-bond acceptors (Lipinski definition) is 6. The van der Waals surface area contributed by atoms with Gasteiger partial charge in [0.1, 0.15) is 5.82 Å². The topological polar surface area (TPSA) is 82.2 Å². The smallest absolute Gasteiger partial charge is 0.252 e. The van der Waals surface area contributed by atoms with Gasteiger partial charge in [-0.3, -0.25) is 0 Å². The fourth-order valence-corrected chi connectivity index (χ4v) is 4.78. The van der Waals surface area contributed by atoms with Crippen LogP contribution in [0.5, 0.6) is 0 Å². The Kier molecular flexibility index (Phi) is 4.23. The molecule has 1 N–H and O–H groups in total. The van der Waals surface area contributed by atoms with Crippen molar-refractivity contribution in [3.8, 4) is 11.1 Å². The van der Waals surface area contributed by atoms with Crippen LogP contribution in [0.4, 0.5) is 14.7 Å². The maximum absolute atomic E-state index is 13.5. The lowest BCUT2D eigenvalue weighted by Gasteiger charge is -2.36. The second-order valence-electron chi connectivity index (χ2n) is 8.83. The first-order valence-electron chi connectivity index (χ1n) is 10.8. The molecule has 0 atom stereocenters. The van der Waals surface area contributed by atoms with Crippen molar-refractivity contribution in [1.29, 1.82) is 0 Å². The number of aromatic nitrogens is 6. The lowest BCUT2D eigenvalue weighted by atomic mass is 9.87. The van der Waals surface area contributed by atoms with Gasteiger partial charge in [0.05, 0.1) is 23.3 Å². The number of aryl methyl sites for hydroxylation is 1. The number of pyridine rings is 1. The second kappa shape index (κ2) is 6.93. The number of alkyl halides is 2. The first kappa shape index (κ1) is 19.5. The minimum atomic E-state index is -2.59. The molecule has 0 unspecified atom stereocenters. The number of nitrogens with zero attached hydrogens (tertiary/aromatic N) is 6. The zero-order valence-electron chi connectivity index (χ0n) is 17.8. The van der Waals surface area contributed by atoms with Gasteiger partial charge in [-0.1, -0.05) is 0 Å². The molecule has 0 spiro atoms. The normalized spacial score (nSPS) is 22.8. The Labute approximate surface area is 182 Å². The van der Waals surface area contributed by atoms with Crippen LogP contribution < -0.4 is 5.32 Å². The Morgan fingerprint density at radius 1 is 1.16 bits per heavy atom. The zero-order chi connectivity index (χ0) is 22.0. The monoisotopic (exact) mass is 439 g/mol. The van der Waals surface area contributed by atoms with Gasteiger partial charge in [0, 0.05) is 55.6 Å². The van der Waals surface area contributed by atoms with E-state index >= 15 is 0 Å². The summed E-state index contributed by atoms with van der Waals surface area (Å²) in [5.41, 5.74) is 3.99. The van der Waals surface area contributed by atoms with Crippen LogP contribution in [0.25, 0.3) is 27.8 Å². The molecule has 0 bridgehead atoms. The number of anilines is 1. The zero-order valence-corrected chi connectivity index (χ0v) is 17.8. The first-order chi connectivity index (χ1) is 15.4. The third-order valence-electron chi connectivity index (χ3n) is 6.65. The van der Waals surface area contributed by atoms with E-state index in [1.54, 1.807) is 24.0 Å². The van der Waals surface area contributed by atoms with Crippen LogP contribution in [0.1, 0.15) is 37.5 Å². The molecular formula is C22H23F2N7O. The molecule has 166 valence electrons. The lowest BCUT2D eigenvalue weighted by molar-refractivity contribution is -0.103. The molecular weight excluding hydrogens is 416 g/mol. The summed E-state index contributed by atoms with van der Waals surface area (Å²) in [6.07, 6.45) is 7.31. The summed E-state index contributed by atoms with van der Waals surface area (Å²) in [7, 11) is 1.73. The Balaban J connectivity index is 1.32. The van der Waals surface area contributed by atoms with Gasteiger partial charge in [0.25, 0.3) is 5.92 Å². The summed E-state index contributed by atoms with van der Waals surface area (Å²) in [6.45, 7) is 1.84. The number of rotatable bonds is 5. The number of fused-ring (bicyclic) bond motifs is 2. The van der Waals surface area contributed by atoms with E-state index in [1.165, 1.54) is 0 Å². The summed E-state index contributed by atoms with van der Waals surface area (Å²) in [5, 5.41) is 7.92. The van der Waals surface area contributed by atoms with Crippen molar-refractivity contribution in [2.45, 2.75) is 56.7 Å². The summed E-state index contributed by atoms with van der Waals surface area (Å²) in [6, 6.07) is 4.01. The highest BCUT2D eigenvalue weighted by Crippen LogP contribution is 2.47. The van der Waals surface area contributed by atoms with Gasteiger partial charge in [0.15, 0.2) is 5.65 Å². The molecule has 0 radical (unpaired) electrons. The average Bonchev–Trinajstić information content (AvgIpc) is 3.27. The van der Waals surface area contributed by atoms with Crippen molar-refractivity contribution in [2.75, 3.05) is 12.4 Å². The fourth-order valence-electron chi connectivity index (χ4n) is 4.78. The highest BCUT2D eigenvalue weighted by Gasteiger charge is 2.47. The van der Waals surface area contributed by atoms with E-state index in [9.17, 15) is 8.78 Å². The molecule has 0 aromatic carbocycles. The van der Waals surface area contributed by atoms with Gasteiger partial charge in [-0.15, -0.1) is 5.10 Å². The number of hydrogen-bond donors (Lipinski definition) is 1. The first-order valence-corrected chi connectivity index (χ1v) is 10.8. The van der Waals surface area contributed by atoms with Crippen LogP contribution in [0.15, 0.2) is 30.7 Å². The Hall–Kier alpha value is -3.14. The van der Waals surface area contributed by atoms with Crippen molar-refractivity contribution >= 4 is 22.6 Å². The van der Waals surface area contributed by atoms with E-state index in [4.69, 9.17) is 4.74 Å². The van der Waals surface area contributed by atoms with E-state index in [1.807, 2.05) is 29.8 Å². The SMILES string of the molecule is CO[C@H]1C[C@H](Nc2ncc3c(-c4cnc5nc(C)n(C6CC(F)(F)C6)c5c4)ccn3n2)C1. The molecule has 0 saturated heterocycles. The number of methoxy groups -OCH3 is 1. The van der Waals surface area contributed by atoms with E-state index in [0.717, 1.165) is 35.0 Å². The number of ether oxygens (including phenoxy) is 1. The van der Waals surface area contributed by atoms with Crippen LogP contribution in [-0.4, -0.2) is 54.3 Å². The molecule has 8 nitrogen and oxygen atoms in total. The number of nitrogens with one attached hydrogen (secondary N) is 1. The van der Waals surface area contributed by atoms with E-state index < -0.39 is 5.92 Å². The molecule has 2 fully saturated rings. The van der Waals surface area contributed by atoms with E-state index in [-0.39, 0.29) is 18.9 Å². The Morgan fingerprint density at radius 3 is 2.72 bits per heavy atom. The van der Waals surface area contributed by atoms with Gasteiger partial charge in [-0.05, 0) is 31.9 Å². The summed E-state index contributed by atoms with van der Waals surface area (Å²) in [4.78, 5) is 13.5. The fraction of sp³-hybridized carbons (Fsp3) is 0.455. The minimum Gasteiger partial charge on any atom is -0.381 e. The summed E-state index contributed by atoms with van der Waals surface area (Å²) < 4.78 is 36.0. The molecule has 32 heavy (non-hydrogen) atoms. The highest BCUT2D eigenvalue weighted by atomic mass is 19.3. The minimum absolute atomic E-state index is 0.158. The number of imidazole rings is 1. The van der Waals surface area contributed by atoms with Crippen molar-refractivity contribution in [1.82, 2.24) is 29.1 Å². The Bertz CT molecular complexity index is 1320. The second-order valence-corrected chi connectivity index (χ2v) is 8.83. The standard InChI is InChI=1S/C22H23F2N7O/c1-12-27-20-18(31(12)15-8-22(23,24)9-15)5-13(10-25-20)17-3-4-30-19(17)11-26-21(29-30)28-14-6-16(7-14)32-2/h3-5,10-11,14-16H,6-9H2,1-2H3,(H,28,29)/t14-,16-. The van der Waals surface area contributed by atoms with E-state index in [0.29, 0.717) is 29.6 Å². The average molecular weight is 439 g/mol. The Morgan fingerprint density at radius 2 is 1.97 bits per heavy atom. The van der Waals surface area contributed by atoms with E-state index in [2.05, 4.69) is 25.4 Å². The van der Waals surface area contributed by atoms with Gasteiger partial charge in [-0.25, -0.2) is 28.2 Å². The third kappa shape index (κ3) is 3.12. The molecule has 2 saturated carbocycles. The molecule has 4 aromatic heterocycles. The van der Waals surface area contributed by atoms with Crippen LogP contribution in [0.3, 0.4) is 0 Å². The predicted octanol–water partition coefficient (Wildman–Crippen LogP) is 4.01. The van der Waals surface area contributed by atoms with Crippen LogP contribution in [0, 0.1) is 6.92 Å². The van der Waals surface area contributed by atoms with Crippen molar-refractivity contribution in [3.63, 3.8) is 0 Å². The molecule has 4 aromatic rings. The summed E-state index contributed by atoms with van der Waals surface area (Å²) >= 11 is 0. The summed E-state index contributed by atoms with van der Waals surface area (Å²) in [5.74, 6) is -1.31. The molecule has 0 aliphatic heterocycles. The third-order valence-corrected chi connectivity index (χ3v) is 6.65. The van der Waals surface area contributed by atoms with Gasteiger partial charge >= 0.3 is 0 Å². The van der Waals surface area contributed by atoms with Crippen LogP contribution in [0.2, 0.25) is 0 Å². The maximum atomic E-state index is 13.5. The van der Waals surface area contributed by atoms with Gasteiger partial charge < -0.3 is 14.6 Å². The molecule has 6 rings (SSSR count). The van der Waals surface area contributed by atoms with Gasteiger partial charge in [-0.2, -0.15) is 0 Å². The maximum Gasteiger partial charge on any atom is 0.252 e. The molecule has 0 amide bonds. The number of halogens is 2. The largest absolute Gasteiger partial charge is 0.381 e. The highest BCUT2D eigenvalue weighted by molar-refractivity contribution is 5.85. The van der Waals surface area contributed by atoms with Crippen LogP contribution in [-0.2, 0) is 4.74 Å². The molecule has 4 heterocycles. The van der Waals surface area contributed by atoms with Gasteiger partial charge in [0.2, 0.25) is 5.95 Å². The molecule has 10 heteroatoms. The molecule has 2 aliphatic carbocycles. The van der Waals surface area contributed by atoms with Crippen molar-refractivity contribution in [2.24, 2.45) is 0 Å². The molecule has 2 aliphatic rings. The van der Waals surface area contributed by atoms with Crippen LogP contribution >= 0.6 is 0 Å². The van der Waals surface area contributed by atoms with Crippen molar-refractivity contribution in [3.05, 3.63) is 36.5 Å². The predicted molar refractivity (Wildman–Crippen MR) is 115 cm³/mol. The van der Waals surface area contributed by atoms with Crippen molar-refractivity contribution < 1.29 is 13.5 Å². The quantitative estimate of drug-likeness (QED) is 0.506.